The first-order chi connectivity index (χ1) is 13.1. The van der Waals surface area contributed by atoms with E-state index in [9.17, 15) is 9.59 Å². The molecule has 7 heteroatoms. The first kappa shape index (κ1) is 18.4. The quantitative estimate of drug-likeness (QED) is 0.516. The number of hydrogen-bond donors (Lipinski definition) is 0. The molecule has 136 valence electrons. The van der Waals surface area contributed by atoms with Crippen LogP contribution in [0, 0.1) is 12.3 Å². The molecule has 3 rings (SSSR count). The van der Waals surface area contributed by atoms with E-state index < -0.39 is 11.9 Å². The molecular weight excluding hydrogens is 364 g/mol. The molecule has 0 saturated carbocycles. The van der Waals surface area contributed by atoms with Crippen molar-refractivity contribution in [2.75, 3.05) is 14.2 Å². The van der Waals surface area contributed by atoms with Crippen molar-refractivity contribution in [3.63, 3.8) is 0 Å². The molecule has 0 aliphatic carbocycles. The van der Waals surface area contributed by atoms with Crippen molar-refractivity contribution in [3.05, 3.63) is 58.4 Å². The molecule has 0 spiro atoms. The lowest BCUT2D eigenvalue weighted by Crippen LogP contribution is -2.16. The Labute approximate surface area is 159 Å². The van der Waals surface area contributed by atoms with Gasteiger partial charge < -0.3 is 14.0 Å². The van der Waals surface area contributed by atoms with Crippen molar-refractivity contribution in [3.8, 4) is 18.1 Å². The Hall–Kier alpha value is -3.37. The maximum Gasteiger partial charge on any atom is 0.337 e. The van der Waals surface area contributed by atoms with Crippen LogP contribution in [0.1, 0.15) is 20.7 Å². The Morgan fingerprint density at radius 2 is 2.00 bits per heavy atom. The summed E-state index contributed by atoms with van der Waals surface area (Å²) in [5.41, 5.74) is 1.63. The van der Waals surface area contributed by atoms with Crippen molar-refractivity contribution >= 4 is 33.4 Å². The van der Waals surface area contributed by atoms with Gasteiger partial charge in [0.05, 0.1) is 36.5 Å². The fourth-order valence-corrected chi connectivity index (χ4v) is 3.62. The first-order valence-corrected chi connectivity index (χ1v) is 8.77. The van der Waals surface area contributed by atoms with E-state index >= 15 is 0 Å². The number of fused-ring (bicyclic) bond motifs is 1. The summed E-state index contributed by atoms with van der Waals surface area (Å²) >= 11 is 1.28. The third-order valence-electron chi connectivity index (χ3n) is 3.87. The molecule has 0 fully saturated rings. The fraction of sp³-hybridized carbons (Fsp3) is 0.150. The van der Waals surface area contributed by atoms with E-state index in [1.807, 2.05) is 0 Å². The second-order valence-corrected chi connectivity index (χ2v) is 6.51. The Morgan fingerprint density at radius 3 is 2.70 bits per heavy atom. The minimum absolute atomic E-state index is 0.252. The number of benzene rings is 2. The zero-order chi connectivity index (χ0) is 19.4. The Morgan fingerprint density at radius 1 is 1.19 bits per heavy atom. The van der Waals surface area contributed by atoms with Crippen molar-refractivity contribution in [1.82, 2.24) is 4.57 Å². The van der Waals surface area contributed by atoms with Crippen molar-refractivity contribution in [2.24, 2.45) is 4.99 Å². The predicted octanol–water partition coefficient (Wildman–Crippen LogP) is 2.87. The van der Waals surface area contributed by atoms with E-state index in [0.29, 0.717) is 21.7 Å². The zero-order valence-corrected chi connectivity index (χ0v) is 15.6. The van der Waals surface area contributed by atoms with Crippen LogP contribution in [0.15, 0.2) is 47.5 Å². The molecule has 2 aromatic carbocycles. The number of carbonyl (C=O) groups is 2. The van der Waals surface area contributed by atoms with Gasteiger partial charge in [-0.2, -0.15) is 4.99 Å². The minimum atomic E-state index is -0.431. The molecule has 0 radical (unpaired) electrons. The van der Waals surface area contributed by atoms with Gasteiger partial charge in [0.15, 0.2) is 4.80 Å². The van der Waals surface area contributed by atoms with Crippen LogP contribution in [0.25, 0.3) is 10.2 Å². The number of thiazole rings is 1. The van der Waals surface area contributed by atoms with E-state index in [4.69, 9.17) is 15.9 Å². The maximum atomic E-state index is 12.6. The Kier molecular flexibility index (Phi) is 5.38. The van der Waals surface area contributed by atoms with Crippen LogP contribution in [0.3, 0.4) is 0 Å². The Balaban J connectivity index is 2.12. The highest BCUT2D eigenvalue weighted by atomic mass is 32.1. The van der Waals surface area contributed by atoms with Gasteiger partial charge in [-0.05, 0) is 36.4 Å². The molecule has 0 atom stereocenters. The normalized spacial score (nSPS) is 11.2. The molecule has 27 heavy (non-hydrogen) atoms. The monoisotopic (exact) mass is 380 g/mol. The molecule has 6 nitrogen and oxygen atoms in total. The van der Waals surface area contributed by atoms with E-state index in [0.717, 1.165) is 10.2 Å². The SMILES string of the molecule is C#CCn1c(=NC(=O)c2cccc(OC)c2)sc2cc(C(=O)OC)ccc21. The molecular formula is C20H16N2O4S. The molecule has 0 aliphatic heterocycles. The largest absolute Gasteiger partial charge is 0.497 e. The maximum absolute atomic E-state index is 12.6. The summed E-state index contributed by atoms with van der Waals surface area (Å²) in [4.78, 5) is 29.0. The van der Waals surface area contributed by atoms with Gasteiger partial charge in [0.25, 0.3) is 5.91 Å². The predicted molar refractivity (Wildman–Crippen MR) is 103 cm³/mol. The molecule has 1 amide bonds. The second-order valence-electron chi connectivity index (χ2n) is 5.50. The van der Waals surface area contributed by atoms with Crippen LogP contribution in [-0.4, -0.2) is 30.7 Å². The lowest BCUT2D eigenvalue weighted by molar-refractivity contribution is 0.0601. The fourth-order valence-electron chi connectivity index (χ4n) is 2.55. The van der Waals surface area contributed by atoms with Crippen molar-refractivity contribution in [1.29, 1.82) is 0 Å². The minimum Gasteiger partial charge on any atom is -0.497 e. The second kappa shape index (κ2) is 7.89. The van der Waals surface area contributed by atoms with E-state index in [1.54, 1.807) is 47.0 Å². The summed E-state index contributed by atoms with van der Waals surface area (Å²) in [5.74, 6) is 2.31. The van der Waals surface area contributed by atoms with Crippen LogP contribution in [0.5, 0.6) is 5.75 Å². The van der Waals surface area contributed by atoms with E-state index in [-0.39, 0.29) is 6.54 Å². The summed E-state index contributed by atoms with van der Waals surface area (Å²) < 4.78 is 12.4. The number of carbonyl (C=O) groups excluding carboxylic acids is 2. The average Bonchev–Trinajstić information content (AvgIpc) is 3.04. The van der Waals surface area contributed by atoms with Gasteiger partial charge in [0.2, 0.25) is 0 Å². The molecule has 0 bridgehead atoms. The standard InChI is InChI=1S/C20H16N2O4S/c1-4-10-22-16-9-8-14(19(24)26-3)12-17(16)27-20(22)21-18(23)13-6-5-7-15(11-13)25-2/h1,5-9,11-12H,10H2,2-3H3. The van der Waals surface area contributed by atoms with Gasteiger partial charge in [-0.1, -0.05) is 23.3 Å². The van der Waals surface area contributed by atoms with Gasteiger partial charge in [0, 0.05) is 5.56 Å². The van der Waals surface area contributed by atoms with Crippen LogP contribution in [0.2, 0.25) is 0 Å². The molecule has 1 aromatic heterocycles. The summed E-state index contributed by atoms with van der Waals surface area (Å²) in [6, 6.07) is 11.9. The van der Waals surface area contributed by atoms with Crippen LogP contribution in [-0.2, 0) is 11.3 Å². The molecule has 0 saturated heterocycles. The first-order valence-electron chi connectivity index (χ1n) is 7.95. The van der Waals surface area contributed by atoms with E-state index in [2.05, 4.69) is 10.9 Å². The van der Waals surface area contributed by atoms with Crippen LogP contribution in [0.4, 0.5) is 0 Å². The molecule has 0 aliphatic rings. The van der Waals surface area contributed by atoms with Crippen molar-refractivity contribution < 1.29 is 19.1 Å². The number of methoxy groups -OCH3 is 2. The van der Waals surface area contributed by atoms with Gasteiger partial charge in [-0.15, -0.1) is 6.42 Å². The lowest BCUT2D eigenvalue weighted by atomic mass is 10.2. The van der Waals surface area contributed by atoms with E-state index in [1.165, 1.54) is 25.6 Å². The highest BCUT2D eigenvalue weighted by Gasteiger charge is 2.12. The summed E-state index contributed by atoms with van der Waals surface area (Å²) in [5, 5.41) is 0. The van der Waals surface area contributed by atoms with Crippen LogP contribution < -0.4 is 9.54 Å². The third kappa shape index (κ3) is 3.76. The highest BCUT2D eigenvalue weighted by Crippen LogP contribution is 2.20. The number of rotatable bonds is 4. The number of terminal acetylenes is 1. The van der Waals surface area contributed by atoms with Gasteiger partial charge in [0.1, 0.15) is 5.75 Å². The van der Waals surface area contributed by atoms with Gasteiger partial charge in [-0.25, -0.2) is 4.79 Å². The average molecular weight is 380 g/mol. The number of amides is 1. The number of aromatic nitrogens is 1. The molecule has 0 unspecified atom stereocenters. The lowest BCUT2D eigenvalue weighted by Gasteiger charge is -2.02. The van der Waals surface area contributed by atoms with Gasteiger partial charge in [-0.3, -0.25) is 4.79 Å². The molecule has 0 N–H and O–H groups in total. The smallest absolute Gasteiger partial charge is 0.337 e. The highest BCUT2D eigenvalue weighted by molar-refractivity contribution is 7.16. The van der Waals surface area contributed by atoms with Crippen molar-refractivity contribution in [2.45, 2.75) is 6.54 Å². The molecule has 3 aromatic rings. The number of ether oxygens (including phenoxy) is 2. The Bertz CT molecular complexity index is 1130. The number of hydrogen-bond acceptors (Lipinski definition) is 5. The summed E-state index contributed by atoms with van der Waals surface area (Å²) in [6.07, 6.45) is 5.48. The number of esters is 1. The summed E-state index contributed by atoms with van der Waals surface area (Å²) in [7, 11) is 2.86. The summed E-state index contributed by atoms with van der Waals surface area (Å²) in [6.45, 7) is 0.252. The van der Waals surface area contributed by atoms with Gasteiger partial charge >= 0.3 is 5.97 Å². The van der Waals surface area contributed by atoms with Crippen LogP contribution >= 0.6 is 11.3 Å². The zero-order valence-electron chi connectivity index (χ0n) is 14.8. The third-order valence-corrected chi connectivity index (χ3v) is 4.91. The molecule has 1 heterocycles. The topological polar surface area (TPSA) is 69.9 Å². The number of nitrogens with zero attached hydrogens (tertiary/aromatic N) is 2.